The van der Waals surface area contributed by atoms with Gasteiger partial charge in [0.2, 0.25) is 5.91 Å². The summed E-state index contributed by atoms with van der Waals surface area (Å²) < 4.78 is 19.1. The van der Waals surface area contributed by atoms with Crippen LogP contribution in [0, 0.1) is 17.7 Å². The summed E-state index contributed by atoms with van der Waals surface area (Å²) in [5.41, 5.74) is 6.11. The third-order valence-corrected chi connectivity index (χ3v) is 5.38. The second-order valence-electron chi connectivity index (χ2n) is 6.73. The maximum Gasteiger partial charge on any atom is 0.224 e. The summed E-state index contributed by atoms with van der Waals surface area (Å²) in [5.74, 6) is 0.0279. The van der Waals surface area contributed by atoms with Crippen molar-refractivity contribution in [2.45, 2.75) is 37.6 Å². The Morgan fingerprint density at radius 1 is 1.35 bits per heavy atom. The monoisotopic (exact) mass is 320 g/mol. The van der Waals surface area contributed by atoms with Gasteiger partial charge in [-0.2, -0.15) is 0 Å². The van der Waals surface area contributed by atoms with Gasteiger partial charge < -0.3 is 15.8 Å². The van der Waals surface area contributed by atoms with E-state index in [4.69, 9.17) is 10.5 Å². The van der Waals surface area contributed by atoms with Crippen LogP contribution < -0.4 is 11.1 Å². The Morgan fingerprint density at radius 2 is 2.13 bits per heavy atom. The average molecular weight is 320 g/mol. The Bertz CT molecular complexity index is 558. The number of hydrogen-bond donors (Lipinski definition) is 2. The van der Waals surface area contributed by atoms with Crippen molar-refractivity contribution in [2.24, 2.45) is 17.6 Å². The van der Waals surface area contributed by atoms with Gasteiger partial charge in [-0.15, -0.1) is 0 Å². The van der Waals surface area contributed by atoms with Gasteiger partial charge in [0.05, 0.1) is 5.54 Å². The molecule has 3 rings (SSSR count). The number of carbonyl (C=O) groups excluding carboxylic acids is 1. The fourth-order valence-corrected chi connectivity index (χ4v) is 3.98. The lowest BCUT2D eigenvalue weighted by Gasteiger charge is -2.39. The first-order chi connectivity index (χ1) is 11.1. The quantitative estimate of drug-likeness (QED) is 0.895. The average Bonchev–Trinajstić information content (AvgIpc) is 3.04. The van der Waals surface area contributed by atoms with Crippen molar-refractivity contribution in [1.29, 1.82) is 0 Å². The first kappa shape index (κ1) is 16.4. The molecular formula is C18H25FN2O2. The van der Waals surface area contributed by atoms with Crippen LogP contribution in [0.3, 0.4) is 0 Å². The molecule has 23 heavy (non-hydrogen) atoms. The third kappa shape index (κ3) is 3.40. The molecule has 1 aliphatic carbocycles. The first-order valence-electron chi connectivity index (χ1n) is 8.50. The van der Waals surface area contributed by atoms with Gasteiger partial charge in [-0.1, -0.05) is 18.6 Å². The summed E-state index contributed by atoms with van der Waals surface area (Å²) >= 11 is 0. The second-order valence-corrected chi connectivity index (χ2v) is 6.73. The molecule has 0 unspecified atom stereocenters. The topological polar surface area (TPSA) is 64.4 Å². The second kappa shape index (κ2) is 6.97. The van der Waals surface area contributed by atoms with E-state index in [1.54, 1.807) is 6.07 Å². The van der Waals surface area contributed by atoms with Crippen molar-refractivity contribution in [2.75, 3.05) is 19.8 Å². The molecule has 126 valence electrons. The Balaban J connectivity index is 1.83. The zero-order chi connectivity index (χ0) is 16.3. The highest BCUT2D eigenvalue weighted by Gasteiger charge is 2.40. The van der Waals surface area contributed by atoms with Crippen LogP contribution in [-0.4, -0.2) is 25.7 Å². The number of carbonyl (C=O) groups is 1. The molecule has 1 amide bonds. The summed E-state index contributed by atoms with van der Waals surface area (Å²) in [6.45, 7) is 1.69. The van der Waals surface area contributed by atoms with Gasteiger partial charge in [0.15, 0.2) is 0 Å². The standard InChI is InChI=1S/C18H25FN2O2/c19-15-5-2-4-14(11-15)18(7-9-23-10-8-18)21-17(22)16-6-1-3-13(16)12-20/h2,4-5,11,13,16H,1,3,6-10,12,20H2,(H,21,22)/t13-,16-/m1/s1. The maximum atomic E-state index is 13.7. The van der Waals surface area contributed by atoms with Gasteiger partial charge in [-0.25, -0.2) is 4.39 Å². The minimum atomic E-state index is -0.529. The molecule has 1 saturated carbocycles. The fraction of sp³-hybridized carbons (Fsp3) is 0.611. The van der Waals surface area contributed by atoms with Crippen LogP contribution in [-0.2, 0) is 15.1 Å². The normalized spacial score (nSPS) is 26.9. The number of ether oxygens (including phenoxy) is 1. The summed E-state index contributed by atoms with van der Waals surface area (Å²) in [5, 5.41) is 3.24. The highest BCUT2D eigenvalue weighted by atomic mass is 19.1. The molecule has 1 heterocycles. The number of hydrogen-bond acceptors (Lipinski definition) is 3. The van der Waals surface area contributed by atoms with E-state index in [1.165, 1.54) is 12.1 Å². The molecule has 2 fully saturated rings. The summed E-state index contributed by atoms with van der Waals surface area (Å²) in [6.07, 6.45) is 4.30. The highest BCUT2D eigenvalue weighted by molar-refractivity contribution is 5.80. The predicted molar refractivity (Wildman–Crippen MR) is 86.2 cm³/mol. The van der Waals surface area contributed by atoms with E-state index in [-0.39, 0.29) is 23.6 Å². The minimum Gasteiger partial charge on any atom is -0.381 e. The van der Waals surface area contributed by atoms with Crippen LogP contribution in [0.25, 0.3) is 0 Å². The summed E-state index contributed by atoms with van der Waals surface area (Å²) in [4.78, 5) is 12.8. The van der Waals surface area contributed by atoms with E-state index < -0.39 is 5.54 Å². The van der Waals surface area contributed by atoms with Crippen LogP contribution in [0.2, 0.25) is 0 Å². The highest BCUT2D eigenvalue weighted by Crippen LogP contribution is 2.36. The zero-order valence-electron chi connectivity index (χ0n) is 13.4. The molecule has 1 aliphatic heterocycles. The molecule has 0 aromatic heterocycles. The molecule has 1 aromatic rings. The van der Waals surface area contributed by atoms with E-state index in [1.807, 2.05) is 6.07 Å². The SMILES string of the molecule is NC[C@H]1CCC[C@H]1C(=O)NC1(c2cccc(F)c2)CCOCC1. The fourth-order valence-electron chi connectivity index (χ4n) is 3.98. The molecule has 4 nitrogen and oxygen atoms in total. The number of nitrogens with two attached hydrogens (primary N) is 1. The van der Waals surface area contributed by atoms with Crippen molar-refractivity contribution in [3.8, 4) is 0 Å². The smallest absolute Gasteiger partial charge is 0.224 e. The predicted octanol–water partition coefficient (Wildman–Crippen LogP) is 2.32. The molecule has 0 bridgehead atoms. The number of halogens is 1. The van der Waals surface area contributed by atoms with Crippen LogP contribution in [0.1, 0.15) is 37.7 Å². The molecule has 1 saturated heterocycles. The van der Waals surface area contributed by atoms with Crippen LogP contribution in [0.4, 0.5) is 4.39 Å². The molecule has 2 aliphatic rings. The Kier molecular flexibility index (Phi) is 4.97. The number of benzene rings is 1. The number of nitrogens with one attached hydrogen (secondary N) is 1. The Labute approximate surface area is 136 Å². The van der Waals surface area contributed by atoms with Gasteiger partial charge in [-0.05, 0) is 55.8 Å². The van der Waals surface area contributed by atoms with Crippen molar-refractivity contribution >= 4 is 5.91 Å². The molecule has 1 aromatic carbocycles. The van der Waals surface area contributed by atoms with Gasteiger partial charge in [0.25, 0.3) is 0 Å². The molecule has 5 heteroatoms. The summed E-state index contributed by atoms with van der Waals surface area (Å²) in [6, 6.07) is 6.55. The maximum absolute atomic E-state index is 13.7. The Hall–Kier alpha value is -1.46. The van der Waals surface area contributed by atoms with Crippen LogP contribution in [0.15, 0.2) is 24.3 Å². The lowest BCUT2D eigenvalue weighted by atomic mass is 9.81. The lowest BCUT2D eigenvalue weighted by Crippen LogP contribution is -2.52. The molecule has 0 radical (unpaired) electrons. The molecule has 2 atom stereocenters. The van der Waals surface area contributed by atoms with Gasteiger partial charge >= 0.3 is 0 Å². The van der Waals surface area contributed by atoms with E-state index in [9.17, 15) is 9.18 Å². The van der Waals surface area contributed by atoms with Crippen molar-refractivity contribution < 1.29 is 13.9 Å². The van der Waals surface area contributed by atoms with E-state index >= 15 is 0 Å². The van der Waals surface area contributed by atoms with Gasteiger partial charge in [0, 0.05) is 19.1 Å². The first-order valence-corrected chi connectivity index (χ1v) is 8.50. The molecule has 0 spiro atoms. The third-order valence-electron chi connectivity index (χ3n) is 5.38. The molecule has 3 N–H and O–H groups in total. The van der Waals surface area contributed by atoms with Crippen LogP contribution in [0.5, 0.6) is 0 Å². The minimum absolute atomic E-state index is 0.0201. The van der Waals surface area contributed by atoms with Crippen molar-refractivity contribution in [1.82, 2.24) is 5.32 Å². The van der Waals surface area contributed by atoms with Crippen LogP contribution >= 0.6 is 0 Å². The van der Waals surface area contributed by atoms with Crippen molar-refractivity contribution in [3.05, 3.63) is 35.6 Å². The Morgan fingerprint density at radius 3 is 2.83 bits per heavy atom. The summed E-state index contributed by atoms with van der Waals surface area (Å²) in [7, 11) is 0. The molecular weight excluding hydrogens is 295 g/mol. The van der Waals surface area contributed by atoms with Crippen molar-refractivity contribution in [3.63, 3.8) is 0 Å². The lowest BCUT2D eigenvalue weighted by molar-refractivity contribution is -0.129. The van der Waals surface area contributed by atoms with Gasteiger partial charge in [0.1, 0.15) is 5.82 Å². The van der Waals surface area contributed by atoms with Gasteiger partial charge in [-0.3, -0.25) is 4.79 Å². The van der Waals surface area contributed by atoms with E-state index in [0.29, 0.717) is 32.6 Å². The number of amides is 1. The van der Waals surface area contributed by atoms with E-state index in [0.717, 1.165) is 24.8 Å². The van der Waals surface area contributed by atoms with E-state index in [2.05, 4.69) is 5.32 Å². The zero-order valence-corrected chi connectivity index (χ0v) is 13.4. The largest absolute Gasteiger partial charge is 0.381 e. The number of rotatable bonds is 4.